The molecule has 0 spiro atoms. The number of hydrogen-bond acceptors (Lipinski definition) is 5. The van der Waals surface area contributed by atoms with E-state index in [9.17, 15) is 4.79 Å². The van der Waals surface area contributed by atoms with E-state index in [2.05, 4.69) is 22.7 Å². The number of aromatic nitrogens is 1. The summed E-state index contributed by atoms with van der Waals surface area (Å²) in [5.41, 5.74) is 3.96. The minimum Gasteiger partial charge on any atom is -0.350 e. The highest BCUT2D eigenvalue weighted by Crippen LogP contribution is 2.17. The molecule has 21 heavy (non-hydrogen) atoms. The fourth-order valence-corrected chi connectivity index (χ4v) is 2.65. The van der Waals surface area contributed by atoms with Gasteiger partial charge in [0.25, 0.3) is 5.91 Å². The molecule has 0 saturated carbocycles. The molecular weight excluding hydrogens is 284 g/mol. The Morgan fingerprint density at radius 2 is 2.10 bits per heavy atom. The van der Waals surface area contributed by atoms with Crippen molar-refractivity contribution in [3.63, 3.8) is 0 Å². The van der Waals surface area contributed by atoms with Gasteiger partial charge in [-0.3, -0.25) is 4.79 Å². The van der Waals surface area contributed by atoms with Gasteiger partial charge in [0.15, 0.2) is 0 Å². The zero-order chi connectivity index (χ0) is 15.8. The number of nitrogen functional groups attached to an aromatic ring is 1. The molecule has 0 aliphatic heterocycles. The average Bonchev–Trinajstić information content (AvgIpc) is 2.46. The predicted molar refractivity (Wildman–Crippen MR) is 90.7 cm³/mol. The van der Waals surface area contributed by atoms with Crippen molar-refractivity contribution in [3.05, 3.63) is 23.4 Å². The molecule has 6 heteroatoms. The van der Waals surface area contributed by atoms with Gasteiger partial charge in [0.05, 0.1) is 0 Å². The molecule has 0 aliphatic rings. The van der Waals surface area contributed by atoms with Gasteiger partial charge in [0.2, 0.25) is 0 Å². The zero-order valence-electron chi connectivity index (χ0n) is 13.3. The van der Waals surface area contributed by atoms with Crippen LogP contribution in [-0.2, 0) is 0 Å². The quantitative estimate of drug-likeness (QED) is 0.391. The fraction of sp³-hybridized carbons (Fsp3) is 0.600. The molecule has 1 heterocycles. The number of amides is 1. The summed E-state index contributed by atoms with van der Waals surface area (Å²) in [6, 6.07) is 3.66. The molecule has 5 nitrogen and oxygen atoms in total. The van der Waals surface area contributed by atoms with E-state index in [1.807, 2.05) is 38.6 Å². The molecule has 0 bridgehead atoms. The summed E-state index contributed by atoms with van der Waals surface area (Å²) in [6.07, 6.45) is 0.967. The molecule has 1 amide bonds. The van der Waals surface area contributed by atoms with E-state index in [4.69, 9.17) is 5.84 Å². The third-order valence-corrected chi connectivity index (χ3v) is 4.06. The van der Waals surface area contributed by atoms with Crippen LogP contribution in [0.1, 0.15) is 56.1 Å². The van der Waals surface area contributed by atoms with Crippen molar-refractivity contribution in [2.45, 2.75) is 46.1 Å². The molecular formula is C15H26N4OS. The number of rotatable bonds is 8. The number of thioether (sulfide) groups is 1. The molecule has 1 aromatic heterocycles. The van der Waals surface area contributed by atoms with Gasteiger partial charge < -0.3 is 10.7 Å². The standard InChI is InChI=1S/C15H26N4OS/c1-5-21-7-6-11(4)17-15(20)12-8-13(10(2)3)18-14(9-12)19-16/h8-11H,5-7,16H2,1-4H3,(H,17,20)(H,18,19). The number of anilines is 1. The minimum absolute atomic E-state index is 0.0789. The zero-order valence-corrected chi connectivity index (χ0v) is 14.1. The predicted octanol–water partition coefficient (Wildman–Crippen LogP) is 2.75. The number of carbonyl (C=O) groups excluding carboxylic acids is 1. The van der Waals surface area contributed by atoms with Crippen molar-refractivity contribution >= 4 is 23.5 Å². The minimum atomic E-state index is -0.0789. The summed E-state index contributed by atoms with van der Waals surface area (Å²) < 4.78 is 0. The van der Waals surface area contributed by atoms with Crippen LogP contribution in [0.3, 0.4) is 0 Å². The van der Waals surface area contributed by atoms with Crippen LogP contribution in [-0.4, -0.2) is 28.4 Å². The van der Waals surface area contributed by atoms with Crippen LogP contribution in [0.5, 0.6) is 0 Å². The van der Waals surface area contributed by atoms with Crippen LogP contribution in [0.2, 0.25) is 0 Å². The second-order valence-electron chi connectivity index (χ2n) is 5.33. The Morgan fingerprint density at radius 1 is 1.38 bits per heavy atom. The number of nitrogens with two attached hydrogens (primary N) is 1. The third kappa shape index (κ3) is 5.93. The Bertz CT molecular complexity index is 465. The van der Waals surface area contributed by atoms with E-state index in [0.29, 0.717) is 11.4 Å². The first-order chi connectivity index (χ1) is 9.97. The Morgan fingerprint density at radius 3 is 2.67 bits per heavy atom. The van der Waals surface area contributed by atoms with Gasteiger partial charge >= 0.3 is 0 Å². The van der Waals surface area contributed by atoms with Crippen LogP contribution in [0.4, 0.5) is 5.82 Å². The smallest absolute Gasteiger partial charge is 0.251 e. The van der Waals surface area contributed by atoms with Gasteiger partial charge in [0.1, 0.15) is 5.82 Å². The van der Waals surface area contributed by atoms with Crippen molar-refractivity contribution in [1.29, 1.82) is 0 Å². The Labute approximate surface area is 131 Å². The largest absolute Gasteiger partial charge is 0.350 e. The van der Waals surface area contributed by atoms with E-state index < -0.39 is 0 Å². The number of hydrogen-bond donors (Lipinski definition) is 3. The van der Waals surface area contributed by atoms with E-state index in [1.54, 1.807) is 6.07 Å². The third-order valence-electron chi connectivity index (χ3n) is 3.12. The fourth-order valence-electron chi connectivity index (χ4n) is 1.84. The molecule has 1 rings (SSSR count). The Kier molecular flexibility index (Phi) is 7.53. The van der Waals surface area contributed by atoms with Crippen LogP contribution in [0.15, 0.2) is 12.1 Å². The summed E-state index contributed by atoms with van der Waals surface area (Å²) in [6.45, 7) is 8.24. The van der Waals surface area contributed by atoms with Crippen molar-refractivity contribution in [2.24, 2.45) is 5.84 Å². The lowest BCUT2D eigenvalue weighted by Crippen LogP contribution is -2.33. The SMILES string of the molecule is CCSCCC(C)NC(=O)c1cc(NN)nc(C(C)C)c1. The summed E-state index contributed by atoms with van der Waals surface area (Å²) in [5.74, 6) is 8.26. The summed E-state index contributed by atoms with van der Waals surface area (Å²) in [4.78, 5) is 16.7. The van der Waals surface area contributed by atoms with Gasteiger partial charge in [-0.1, -0.05) is 20.8 Å². The van der Waals surface area contributed by atoms with E-state index in [0.717, 1.165) is 23.6 Å². The molecule has 1 aromatic rings. The first-order valence-electron chi connectivity index (χ1n) is 7.35. The van der Waals surface area contributed by atoms with Gasteiger partial charge in [-0.15, -0.1) is 0 Å². The van der Waals surface area contributed by atoms with Crippen LogP contribution >= 0.6 is 11.8 Å². The molecule has 1 unspecified atom stereocenters. The number of nitrogens with one attached hydrogen (secondary N) is 2. The highest BCUT2D eigenvalue weighted by Gasteiger charge is 2.13. The van der Waals surface area contributed by atoms with E-state index in [1.165, 1.54) is 0 Å². The molecule has 0 aromatic carbocycles. The highest BCUT2D eigenvalue weighted by molar-refractivity contribution is 7.99. The van der Waals surface area contributed by atoms with Gasteiger partial charge in [-0.05, 0) is 42.9 Å². The molecule has 1 atom stereocenters. The van der Waals surface area contributed by atoms with Crippen LogP contribution in [0.25, 0.3) is 0 Å². The second kappa shape index (κ2) is 8.89. The first-order valence-corrected chi connectivity index (χ1v) is 8.50. The van der Waals surface area contributed by atoms with Gasteiger partial charge in [-0.2, -0.15) is 11.8 Å². The first kappa shape index (κ1) is 17.8. The van der Waals surface area contributed by atoms with Crippen molar-refractivity contribution in [3.8, 4) is 0 Å². The lowest BCUT2D eigenvalue weighted by atomic mass is 10.1. The van der Waals surface area contributed by atoms with E-state index >= 15 is 0 Å². The molecule has 0 saturated heterocycles. The van der Waals surface area contributed by atoms with Crippen LogP contribution < -0.4 is 16.6 Å². The van der Waals surface area contributed by atoms with E-state index in [-0.39, 0.29) is 17.9 Å². The second-order valence-corrected chi connectivity index (χ2v) is 6.72. The van der Waals surface area contributed by atoms with Crippen molar-refractivity contribution in [1.82, 2.24) is 10.3 Å². The summed E-state index contributed by atoms with van der Waals surface area (Å²) >= 11 is 1.88. The Balaban J connectivity index is 2.74. The number of pyridine rings is 1. The molecule has 4 N–H and O–H groups in total. The normalized spacial score (nSPS) is 12.3. The number of nitrogens with zero attached hydrogens (tertiary/aromatic N) is 1. The molecule has 0 radical (unpaired) electrons. The maximum Gasteiger partial charge on any atom is 0.251 e. The molecule has 0 fully saturated rings. The summed E-state index contributed by atoms with van der Waals surface area (Å²) in [5, 5.41) is 3.02. The molecule has 118 valence electrons. The molecule has 0 aliphatic carbocycles. The van der Waals surface area contributed by atoms with Crippen LogP contribution in [0, 0.1) is 0 Å². The maximum absolute atomic E-state index is 12.3. The average molecular weight is 310 g/mol. The lowest BCUT2D eigenvalue weighted by molar-refractivity contribution is 0.0939. The van der Waals surface area contributed by atoms with Crippen molar-refractivity contribution < 1.29 is 4.79 Å². The Hall–Kier alpha value is -1.27. The van der Waals surface area contributed by atoms with Gasteiger partial charge in [0, 0.05) is 17.3 Å². The number of hydrazine groups is 1. The topological polar surface area (TPSA) is 80.0 Å². The van der Waals surface area contributed by atoms with Crippen molar-refractivity contribution in [2.75, 3.05) is 16.9 Å². The summed E-state index contributed by atoms with van der Waals surface area (Å²) in [7, 11) is 0. The number of carbonyl (C=O) groups is 1. The highest BCUT2D eigenvalue weighted by atomic mass is 32.2. The maximum atomic E-state index is 12.3. The van der Waals surface area contributed by atoms with Gasteiger partial charge in [-0.25, -0.2) is 10.8 Å². The monoisotopic (exact) mass is 310 g/mol. The lowest BCUT2D eigenvalue weighted by Gasteiger charge is -2.15.